The number of aromatic nitrogens is 1. The molecule has 1 amide bonds. The normalized spacial score (nSPS) is 13.1. The maximum Gasteiger partial charge on any atom is 0.325 e. The number of esters is 1. The number of hydrogen-bond acceptors (Lipinski definition) is 8. The number of sulfonamides is 1. The first-order chi connectivity index (χ1) is 17.7. The summed E-state index contributed by atoms with van der Waals surface area (Å²) in [6.07, 6.45) is 0. The summed E-state index contributed by atoms with van der Waals surface area (Å²) in [4.78, 5) is 29.4. The Morgan fingerprint density at radius 2 is 1.84 bits per heavy atom. The molecule has 13 heteroatoms. The summed E-state index contributed by atoms with van der Waals surface area (Å²) in [5.41, 5.74) is 0.831. The van der Waals surface area contributed by atoms with Gasteiger partial charge in [-0.25, -0.2) is 12.8 Å². The van der Waals surface area contributed by atoms with Crippen molar-refractivity contribution in [1.82, 2.24) is 4.57 Å². The van der Waals surface area contributed by atoms with Crippen LogP contribution in [0.5, 0.6) is 11.5 Å². The van der Waals surface area contributed by atoms with Crippen molar-refractivity contribution in [2.45, 2.75) is 11.4 Å². The van der Waals surface area contributed by atoms with Crippen molar-refractivity contribution >= 4 is 49.1 Å². The molecule has 1 N–H and O–H groups in total. The number of rotatable bonds is 6. The highest BCUT2D eigenvalue weighted by Gasteiger charge is 2.20. The standard InChI is InChI=1S/C24H18FN3O7S2/c1-33-22(29)12-28-18-10-19-20(35-13-34-19)11-21(18)36-24(28)26-23(30)14-3-2-4-16(9-14)27-37(31,32)17-7-5-15(25)6-8-17/h2-11,27H,12-13H2,1H3. The second kappa shape index (κ2) is 9.67. The summed E-state index contributed by atoms with van der Waals surface area (Å²) < 4.78 is 58.7. The lowest BCUT2D eigenvalue weighted by Crippen LogP contribution is -2.22. The molecule has 1 aliphatic heterocycles. The molecular formula is C24H18FN3O7S2. The number of anilines is 1. The number of nitrogens with zero attached hydrogens (tertiary/aromatic N) is 2. The predicted molar refractivity (Wildman–Crippen MR) is 131 cm³/mol. The van der Waals surface area contributed by atoms with Crippen LogP contribution in [-0.4, -0.2) is 38.8 Å². The molecule has 3 aromatic carbocycles. The zero-order valence-electron chi connectivity index (χ0n) is 19.1. The van der Waals surface area contributed by atoms with Crippen molar-refractivity contribution in [3.05, 3.63) is 76.8 Å². The van der Waals surface area contributed by atoms with E-state index in [1.165, 1.54) is 47.3 Å². The third-order valence-corrected chi connectivity index (χ3v) is 7.81. The van der Waals surface area contributed by atoms with Crippen LogP contribution < -0.4 is 19.0 Å². The molecular weight excluding hydrogens is 525 g/mol. The third-order valence-electron chi connectivity index (χ3n) is 5.37. The number of carbonyl (C=O) groups is 2. The van der Waals surface area contributed by atoms with Crippen molar-refractivity contribution in [3.63, 3.8) is 0 Å². The van der Waals surface area contributed by atoms with E-state index in [2.05, 4.69) is 9.71 Å². The molecule has 2 heterocycles. The summed E-state index contributed by atoms with van der Waals surface area (Å²) in [6.45, 7) is -0.111. The topological polar surface area (TPSA) is 125 Å². The van der Waals surface area contributed by atoms with Gasteiger partial charge in [-0.3, -0.25) is 14.3 Å². The SMILES string of the molecule is COC(=O)Cn1c(=NC(=O)c2cccc(NS(=O)(=O)c3ccc(F)cc3)c2)sc2cc3c(cc21)OCO3. The van der Waals surface area contributed by atoms with Crippen molar-refractivity contribution in [2.24, 2.45) is 4.99 Å². The largest absolute Gasteiger partial charge is 0.468 e. The first-order valence-corrected chi connectivity index (χ1v) is 13.0. The summed E-state index contributed by atoms with van der Waals surface area (Å²) >= 11 is 1.17. The lowest BCUT2D eigenvalue weighted by Gasteiger charge is -2.09. The average molecular weight is 544 g/mol. The highest BCUT2D eigenvalue weighted by Crippen LogP contribution is 2.37. The Balaban J connectivity index is 1.49. The molecule has 5 rings (SSSR count). The minimum Gasteiger partial charge on any atom is -0.468 e. The fourth-order valence-corrected chi connectivity index (χ4v) is 5.67. The van der Waals surface area contributed by atoms with E-state index in [4.69, 9.17) is 14.2 Å². The van der Waals surface area contributed by atoms with Crippen LogP contribution in [0.2, 0.25) is 0 Å². The Kier molecular flexibility index (Phi) is 6.39. The smallest absolute Gasteiger partial charge is 0.325 e. The molecule has 4 aromatic rings. The summed E-state index contributed by atoms with van der Waals surface area (Å²) in [7, 11) is -2.76. The number of carbonyl (C=O) groups excluding carboxylic acids is 2. The number of thiazole rings is 1. The average Bonchev–Trinajstić information content (AvgIpc) is 3.46. The number of amides is 1. The molecule has 37 heavy (non-hydrogen) atoms. The van der Waals surface area contributed by atoms with E-state index in [-0.39, 0.29) is 34.3 Å². The van der Waals surface area contributed by atoms with E-state index in [0.29, 0.717) is 21.7 Å². The van der Waals surface area contributed by atoms with Gasteiger partial charge in [0.2, 0.25) is 6.79 Å². The van der Waals surface area contributed by atoms with Gasteiger partial charge in [0.15, 0.2) is 16.3 Å². The molecule has 0 unspecified atom stereocenters. The number of benzene rings is 3. The molecule has 0 atom stereocenters. The molecule has 0 bridgehead atoms. The van der Waals surface area contributed by atoms with Crippen LogP contribution in [0.4, 0.5) is 10.1 Å². The van der Waals surface area contributed by atoms with Crippen molar-refractivity contribution in [1.29, 1.82) is 0 Å². The van der Waals surface area contributed by atoms with Crippen LogP contribution in [0.1, 0.15) is 10.4 Å². The van der Waals surface area contributed by atoms with Crippen molar-refractivity contribution < 1.29 is 36.6 Å². The van der Waals surface area contributed by atoms with Gasteiger partial charge in [0.25, 0.3) is 15.9 Å². The van der Waals surface area contributed by atoms with E-state index < -0.39 is 27.7 Å². The molecule has 190 valence electrons. The van der Waals surface area contributed by atoms with E-state index in [1.54, 1.807) is 12.1 Å². The first-order valence-electron chi connectivity index (χ1n) is 10.7. The summed E-state index contributed by atoms with van der Waals surface area (Å²) in [5.74, 6) is -0.721. The Bertz CT molecular complexity index is 1710. The van der Waals surface area contributed by atoms with Gasteiger partial charge in [0.05, 0.1) is 22.2 Å². The highest BCUT2D eigenvalue weighted by atomic mass is 32.2. The number of methoxy groups -OCH3 is 1. The molecule has 1 aromatic heterocycles. The van der Waals surface area contributed by atoms with E-state index in [0.717, 1.165) is 24.3 Å². The molecule has 0 fully saturated rings. The Morgan fingerprint density at radius 1 is 1.11 bits per heavy atom. The minimum atomic E-state index is -4.01. The molecule has 10 nitrogen and oxygen atoms in total. The maximum absolute atomic E-state index is 13.2. The van der Waals surface area contributed by atoms with E-state index in [1.807, 2.05) is 0 Å². The molecule has 0 radical (unpaired) electrons. The molecule has 0 saturated heterocycles. The second-order valence-electron chi connectivity index (χ2n) is 7.78. The number of ether oxygens (including phenoxy) is 3. The van der Waals surface area contributed by atoms with Gasteiger partial charge in [0, 0.05) is 23.4 Å². The number of halogens is 1. The molecule has 1 aliphatic rings. The summed E-state index contributed by atoms with van der Waals surface area (Å²) in [5, 5.41) is 0. The zero-order valence-corrected chi connectivity index (χ0v) is 20.8. The van der Waals surface area contributed by atoms with Crippen LogP contribution in [0, 0.1) is 5.82 Å². The van der Waals surface area contributed by atoms with Gasteiger partial charge in [-0.2, -0.15) is 4.99 Å². The number of fused-ring (bicyclic) bond motifs is 2. The minimum absolute atomic E-state index is 0.0839. The van der Waals surface area contributed by atoms with Crippen LogP contribution in [0.3, 0.4) is 0 Å². The van der Waals surface area contributed by atoms with Gasteiger partial charge in [-0.05, 0) is 42.5 Å². The van der Waals surface area contributed by atoms with Crippen LogP contribution in [0.25, 0.3) is 10.2 Å². The Hall–Kier alpha value is -4.23. The maximum atomic E-state index is 13.2. The molecule has 0 aliphatic carbocycles. The number of nitrogens with one attached hydrogen (secondary N) is 1. The van der Waals surface area contributed by atoms with Crippen LogP contribution in [-0.2, 0) is 26.1 Å². The fourth-order valence-electron chi connectivity index (χ4n) is 3.59. The zero-order chi connectivity index (χ0) is 26.2. The Labute approximate surface area is 213 Å². The molecule has 0 saturated carbocycles. The van der Waals surface area contributed by atoms with E-state index in [9.17, 15) is 22.4 Å². The first kappa shape index (κ1) is 24.5. The van der Waals surface area contributed by atoms with Crippen molar-refractivity contribution in [2.75, 3.05) is 18.6 Å². The van der Waals surface area contributed by atoms with Crippen molar-refractivity contribution in [3.8, 4) is 11.5 Å². The van der Waals surface area contributed by atoms with Gasteiger partial charge >= 0.3 is 5.97 Å². The second-order valence-corrected chi connectivity index (χ2v) is 10.5. The third kappa shape index (κ3) is 5.04. The van der Waals surface area contributed by atoms with Gasteiger partial charge < -0.3 is 18.8 Å². The van der Waals surface area contributed by atoms with E-state index >= 15 is 0 Å². The van der Waals surface area contributed by atoms with Crippen LogP contribution in [0.15, 0.2) is 70.6 Å². The van der Waals surface area contributed by atoms with Gasteiger partial charge in [-0.1, -0.05) is 17.4 Å². The quantitative estimate of drug-likeness (QED) is 0.370. The monoisotopic (exact) mass is 543 g/mol. The summed E-state index contributed by atoms with van der Waals surface area (Å²) in [6, 6.07) is 13.6. The van der Waals surface area contributed by atoms with Gasteiger partial charge in [0.1, 0.15) is 12.4 Å². The van der Waals surface area contributed by atoms with Crippen LogP contribution >= 0.6 is 11.3 Å². The lowest BCUT2D eigenvalue weighted by atomic mass is 10.2. The highest BCUT2D eigenvalue weighted by molar-refractivity contribution is 7.92. The fraction of sp³-hybridized carbons (Fsp3) is 0.125. The molecule has 0 spiro atoms. The van der Waals surface area contributed by atoms with Gasteiger partial charge in [-0.15, -0.1) is 0 Å². The lowest BCUT2D eigenvalue weighted by molar-refractivity contribution is -0.141. The Morgan fingerprint density at radius 3 is 2.57 bits per heavy atom. The number of hydrogen-bond donors (Lipinski definition) is 1. The predicted octanol–water partition coefficient (Wildman–Crippen LogP) is 3.29.